The Morgan fingerprint density at radius 3 is 2.29 bits per heavy atom. The minimum atomic E-state index is -0.730. The minimum absolute atomic E-state index is 0.0556. The van der Waals surface area contributed by atoms with Gasteiger partial charge in [0.15, 0.2) is 5.78 Å². The normalized spacial score (nSPS) is 45.1. The topological polar surface area (TPSA) is 60.8 Å². The van der Waals surface area contributed by atoms with Crippen LogP contribution in [0.2, 0.25) is 0 Å². The molecule has 9 rings (SSSR count). The van der Waals surface area contributed by atoms with Crippen LogP contribution < -0.4 is 0 Å². The number of carbonyl (C=O) groups excluding carboxylic acids is 1. The van der Waals surface area contributed by atoms with Crippen molar-refractivity contribution in [3.05, 3.63) is 59.7 Å². The molecule has 2 N–H and O–H groups in total. The smallest absolute Gasteiger partial charge is 0.162 e. The number of likely N-dealkylation sites (tertiary alicyclic amines) is 1. The molecular weight excluding hydrogens is 554 g/mol. The van der Waals surface area contributed by atoms with Crippen LogP contribution >= 0.6 is 0 Å². The van der Waals surface area contributed by atoms with Crippen molar-refractivity contribution in [1.29, 1.82) is 0 Å². The molecule has 5 fully saturated rings. The number of hydrogen-bond acceptors (Lipinski definition) is 4. The number of ketones is 1. The van der Waals surface area contributed by atoms with Crippen molar-refractivity contribution in [3.8, 4) is 0 Å². The maximum Gasteiger partial charge on any atom is 0.162 e. The highest BCUT2D eigenvalue weighted by Gasteiger charge is 2.74. The van der Waals surface area contributed by atoms with Gasteiger partial charge in [-0.05, 0) is 119 Å². The Bertz CT molecular complexity index is 1360. The average molecular weight is 612 g/mol. The monoisotopic (exact) mass is 611 g/mol. The number of nitrogens with zero attached hydrogens (tertiary/aromatic N) is 1. The number of piperidine rings is 1. The van der Waals surface area contributed by atoms with E-state index in [9.17, 15) is 15.0 Å². The summed E-state index contributed by atoms with van der Waals surface area (Å²) < 4.78 is 0. The van der Waals surface area contributed by atoms with Crippen molar-refractivity contribution in [3.63, 3.8) is 0 Å². The van der Waals surface area contributed by atoms with Gasteiger partial charge in [-0.2, -0.15) is 0 Å². The molecule has 4 saturated carbocycles. The molecule has 1 aliphatic heterocycles. The second-order valence-corrected chi connectivity index (χ2v) is 17.4. The molecule has 0 radical (unpaired) electrons. The van der Waals surface area contributed by atoms with E-state index in [0.29, 0.717) is 11.7 Å². The van der Waals surface area contributed by atoms with E-state index in [2.05, 4.69) is 67.3 Å². The summed E-state index contributed by atoms with van der Waals surface area (Å²) in [5.74, 6) is 1.98. The van der Waals surface area contributed by atoms with Gasteiger partial charge in [0.2, 0.25) is 0 Å². The first-order chi connectivity index (χ1) is 21.6. The standard InChI is InChI=1S/C41H57NO3/c1-37-18-13-32(43)26-39(37)21-22-41(33(27-39)36(44)31-11-7-4-8-12-31)34(37)14-19-38(2)35(41)15-20-40(38,45)28-42-23-16-30(17-24-42)25-29-9-5-3-6-10-29/h3,5-6,9-10,21-22,27,30-32,34-35,43,45H,4,7-8,11-20,23-26,28H2,1-2H3/t32?,34-,35-,37-,38+,39+,40-,41-/m1/s1. The van der Waals surface area contributed by atoms with Crippen LogP contribution in [0.3, 0.4) is 0 Å². The van der Waals surface area contributed by atoms with Gasteiger partial charge in [0.05, 0.1) is 11.7 Å². The van der Waals surface area contributed by atoms with Gasteiger partial charge in [-0.25, -0.2) is 0 Å². The predicted octanol–water partition coefficient (Wildman–Crippen LogP) is 7.68. The Kier molecular flexibility index (Phi) is 7.40. The fourth-order valence-corrected chi connectivity index (χ4v) is 12.9. The summed E-state index contributed by atoms with van der Waals surface area (Å²) in [6.45, 7) is 7.83. The molecule has 2 bridgehead atoms. The number of hydrogen-bond donors (Lipinski definition) is 2. The third-order valence-corrected chi connectivity index (χ3v) is 15.5. The Morgan fingerprint density at radius 1 is 0.844 bits per heavy atom. The zero-order valence-electron chi connectivity index (χ0n) is 28.0. The van der Waals surface area contributed by atoms with Crippen molar-refractivity contribution in [2.45, 2.75) is 122 Å². The molecule has 0 amide bonds. The van der Waals surface area contributed by atoms with Gasteiger partial charge in [-0.1, -0.05) is 81.7 Å². The number of carbonyl (C=O) groups is 1. The molecule has 7 aliphatic carbocycles. The van der Waals surface area contributed by atoms with E-state index in [1.54, 1.807) is 0 Å². The highest BCUT2D eigenvalue weighted by Crippen LogP contribution is 2.78. The minimum Gasteiger partial charge on any atom is -0.393 e. The Balaban J connectivity index is 1.09. The van der Waals surface area contributed by atoms with Crippen LogP contribution in [0.1, 0.15) is 109 Å². The fraction of sp³-hybridized carbons (Fsp3) is 0.732. The Morgan fingerprint density at radius 2 is 1.53 bits per heavy atom. The van der Waals surface area contributed by atoms with Crippen LogP contribution in [0.4, 0.5) is 0 Å². The second kappa shape index (κ2) is 10.9. The summed E-state index contributed by atoms with van der Waals surface area (Å²) >= 11 is 0. The second-order valence-electron chi connectivity index (χ2n) is 17.4. The molecule has 1 aromatic rings. The SMILES string of the molecule is C[C@]12CC[C@H]3[C@]4(C=C[C@@]5(C=C4C(=O)C4CCCCC4)CC(O)CC[C@]35C)[C@@H]1CC[C@@]2(O)CN1CCC(Cc2ccccc2)CC1. The van der Waals surface area contributed by atoms with Gasteiger partial charge in [-0.15, -0.1) is 0 Å². The average Bonchev–Trinajstić information content (AvgIpc) is 3.32. The molecule has 8 atom stereocenters. The van der Waals surface area contributed by atoms with Crippen LogP contribution in [0.15, 0.2) is 54.1 Å². The predicted molar refractivity (Wildman–Crippen MR) is 179 cm³/mol. The van der Waals surface area contributed by atoms with E-state index >= 15 is 0 Å². The molecule has 1 aromatic carbocycles. The van der Waals surface area contributed by atoms with E-state index in [0.717, 1.165) is 95.3 Å². The summed E-state index contributed by atoms with van der Waals surface area (Å²) in [7, 11) is 0. The molecule has 4 nitrogen and oxygen atoms in total. The highest BCUT2D eigenvalue weighted by atomic mass is 16.3. The Labute approximate surface area is 271 Å². The maximum atomic E-state index is 14.7. The van der Waals surface area contributed by atoms with Crippen LogP contribution in [0, 0.1) is 45.3 Å². The number of aliphatic hydroxyl groups is 2. The number of Topliss-reactive ketones (excluding diaryl/α,β-unsaturated/α-hetero) is 1. The molecule has 1 saturated heterocycles. The van der Waals surface area contributed by atoms with Crippen LogP contribution in [-0.2, 0) is 11.2 Å². The summed E-state index contributed by atoms with van der Waals surface area (Å²) in [5, 5.41) is 23.8. The summed E-state index contributed by atoms with van der Waals surface area (Å²) in [4.78, 5) is 17.3. The summed E-state index contributed by atoms with van der Waals surface area (Å²) in [6.07, 6.45) is 22.9. The molecule has 4 heteroatoms. The first kappa shape index (κ1) is 30.6. The molecule has 8 aliphatic rings. The molecule has 2 spiro atoms. The van der Waals surface area contributed by atoms with Gasteiger partial charge in [-0.3, -0.25) is 4.79 Å². The lowest BCUT2D eigenvalue weighted by Crippen LogP contribution is -2.67. The van der Waals surface area contributed by atoms with E-state index < -0.39 is 5.60 Å². The van der Waals surface area contributed by atoms with Gasteiger partial charge in [0.25, 0.3) is 0 Å². The van der Waals surface area contributed by atoms with Gasteiger partial charge in [0, 0.05) is 34.3 Å². The van der Waals surface area contributed by atoms with Crippen molar-refractivity contribution in [1.82, 2.24) is 4.90 Å². The van der Waals surface area contributed by atoms with Crippen molar-refractivity contribution < 1.29 is 15.0 Å². The quantitative estimate of drug-likeness (QED) is 0.324. The van der Waals surface area contributed by atoms with E-state index in [1.807, 2.05) is 0 Å². The van der Waals surface area contributed by atoms with Crippen molar-refractivity contribution >= 4 is 5.78 Å². The molecule has 1 heterocycles. The number of allylic oxidation sites excluding steroid dienone is 4. The lowest BCUT2D eigenvalue weighted by Gasteiger charge is -2.71. The van der Waals surface area contributed by atoms with E-state index in [4.69, 9.17) is 0 Å². The molecule has 244 valence electrons. The fourth-order valence-electron chi connectivity index (χ4n) is 12.9. The number of fused-ring (bicyclic) bond motifs is 1. The van der Waals surface area contributed by atoms with Gasteiger partial charge < -0.3 is 15.1 Å². The largest absolute Gasteiger partial charge is 0.393 e. The molecule has 1 unspecified atom stereocenters. The first-order valence-corrected chi connectivity index (χ1v) is 18.8. The summed E-state index contributed by atoms with van der Waals surface area (Å²) in [5.41, 5.74) is 1.16. The Hall–Kier alpha value is -1.75. The summed E-state index contributed by atoms with van der Waals surface area (Å²) in [6, 6.07) is 10.9. The van der Waals surface area contributed by atoms with E-state index in [-0.39, 0.29) is 39.6 Å². The molecule has 45 heavy (non-hydrogen) atoms. The third kappa shape index (κ3) is 4.43. The van der Waals surface area contributed by atoms with Gasteiger partial charge >= 0.3 is 0 Å². The number of β-amino-alcohol motifs (C(OH)–C–C–N with tert-alkyl or cyclic N) is 1. The van der Waals surface area contributed by atoms with Crippen molar-refractivity contribution in [2.75, 3.05) is 19.6 Å². The highest BCUT2D eigenvalue weighted by molar-refractivity contribution is 6.00. The third-order valence-electron chi connectivity index (χ3n) is 15.5. The number of rotatable bonds is 6. The number of benzene rings is 1. The molecular formula is C41H57NO3. The lowest BCUT2D eigenvalue weighted by atomic mass is 9.32. The van der Waals surface area contributed by atoms with Crippen LogP contribution in [0.25, 0.3) is 0 Å². The lowest BCUT2D eigenvalue weighted by molar-refractivity contribution is -0.180. The molecule has 0 aromatic heterocycles. The van der Waals surface area contributed by atoms with Crippen LogP contribution in [-0.4, -0.2) is 52.2 Å². The van der Waals surface area contributed by atoms with E-state index in [1.165, 1.54) is 37.7 Å². The first-order valence-electron chi connectivity index (χ1n) is 18.8. The zero-order chi connectivity index (χ0) is 31.1. The maximum absolute atomic E-state index is 14.7. The van der Waals surface area contributed by atoms with Gasteiger partial charge in [0.1, 0.15) is 0 Å². The zero-order valence-corrected chi connectivity index (χ0v) is 28.0. The van der Waals surface area contributed by atoms with Crippen molar-refractivity contribution in [2.24, 2.45) is 45.3 Å². The number of aliphatic hydroxyl groups excluding tert-OH is 1. The van der Waals surface area contributed by atoms with Crippen LogP contribution in [0.5, 0.6) is 0 Å².